The molecule has 1 aromatic rings. The van der Waals surface area contributed by atoms with E-state index in [-0.39, 0.29) is 5.41 Å². The molecule has 1 aromatic carbocycles. The molecular formula is C14H21Cl2N. The number of hydrogen-bond acceptors (Lipinski definition) is 1. The molecule has 96 valence electrons. The van der Waals surface area contributed by atoms with Crippen LogP contribution in [0.5, 0.6) is 0 Å². The minimum atomic E-state index is 0.00513. The molecule has 0 aromatic heterocycles. The Morgan fingerprint density at radius 1 is 1.12 bits per heavy atom. The summed E-state index contributed by atoms with van der Waals surface area (Å²) in [6, 6.07) is 5.75. The predicted octanol–water partition coefficient (Wildman–Crippen LogP) is 4.79. The first-order chi connectivity index (χ1) is 8.09. The molecule has 0 unspecified atom stereocenters. The summed E-state index contributed by atoms with van der Waals surface area (Å²) in [6.45, 7) is 5.00. The minimum absolute atomic E-state index is 0.00513. The van der Waals surface area contributed by atoms with Gasteiger partial charge >= 0.3 is 0 Å². The molecular weight excluding hydrogens is 253 g/mol. The van der Waals surface area contributed by atoms with E-state index in [2.05, 4.69) is 13.8 Å². The summed E-state index contributed by atoms with van der Waals surface area (Å²) >= 11 is 12.3. The number of nitrogens with two attached hydrogens (primary N) is 1. The zero-order chi connectivity index (χ0) is 12.9. The fourth-order valence-corrected chi connectivity index (χ4v) is 3.19. The van der Waals surface area contributed by atoms with Crippen molar-refractivity contribution < 1.29 is 0 Å². The second kappa shape index (κ2) is 6.63. The van der Waals surface area contributed by atoms with Gasteiger partial charge in [-0.25, -0.2) is 0 Å². The van der Waals surface area contributed by atoms with Gasteiger partial charge in [-0.2, -0.15) is 0 Å². The lowest BCUT2D eigenvalue weighted by Gasteiger charge is -2.33. The summed E-state index contributed by atoms with van der Waals surface area (Å²) in [6.07, 6.45) is 4.35. The Bertz CT molecular complexity index is 357. The molecule has 0 radical (unpaired) electrons. The summed E-state index contributed by atoms with van der Waals surface area (Å²) in [5.74, 6) is 0. The van der Waals surface area contributed by atoms with Crippen molar-refractivity contribution in [3.8, 4) is 0 Å². The van der Waals surface area contributed by atoms with Crippen LogP contribution in [0.1, 0.15) is 45.1 Å². The molecule has 1 nitrogen and oxygen atoms in total. The first-order valence-corrected chi connectivity index (χ1v) is 7.01. The molecule has 0 atom stereocenters. The van der Waals surface area contributed by atoms with E-state index in [0.717, 1.165) is 36.3 Å². The minimum Gasteiger partial charge on any atom is -0.330 e. The van der Waals surface area contributed by atoms with E-state index < -0.39 is 0 Å². The quantitative estimate of drug-likeness (QED) is 0.793. The van der Waals surface area contributed by atoms with Gasteiger partial charge in [0.15, 0.2) is 0 Å². The van der Waals surface area contributed by atoms with Crippen molar-refractivity contribution in [3.05, 3.63) is 33.8 Å². The third-order valence-electron chi connectivity index (χ3n) is 3.35. The lowest BCUT2D eigenvalue weighted by Crippen LogP contribution is -2.35. The molecule has 3 heteroatoms. The molecule has 0 aliphatic rings. The van der Waals surface area contributed by atoms with Gasteiger partial charge in [0.05, 0.1) is 0 Å². The molecule has 0 bridgehead atoms. The molecule has 0 aliphatic carbocycles. The van der Waals surface area contributed by atoms with Gasteiger partial charge in [-0.3, -0.25) is 0 Å². The lowest BCUT2D eigenvalue weighted by atomic mass is 9.73. The van der Waals surface area contributed by atoms with Gasteiger partial charge in [-0.15, -0.1) is 0 Å². The SMILES string of the molecule is CCCC(CN)(CCC)c1ccc(Cl)cc1Cl. The number of halogens is 2. The van der Waals surface area contributed by atoms with Crippen LogP contribution in [0.15, 0.2) is 18.2 Å². The molecule has 0 spiro atoms. The maximum atomic E-state index is 6.32. The highest BCUT2D eigenvalue weighted by molar-refractivity contribution is 6.35. The van der Waals surface area contributed by atoms with E-state index in [1.165, 1.54) is 0 Å². The van der Waals surface area contributed by atoms with Gasteiger partial charge in [0.25, 0.3) is 0 Å². The smallest absolute Gasteiger partial charge is 0.0458 e. The maximum Gasteiger partial charge on any atom is 0.0458 e. The normalized spacial score (nSPS) is 11.8. The highest BCUT2D eigenvalue weighted by Gasteiger charge is 2.30. The standard InChI is InChI=1S/C14H21Cl2N/c1-3-7-14(10-17,8-4-2)12-6-5-11(15)9-13(12)16/h5-6,9H,3-4,7-8,10,17H2,1-2H3. The van der Waals surface area contributed by atoms with E-state index >= 15 is 0 Å². The van der Waals surface area contributed by atoms with Crippen molar-refractivity contribution in [2.24, 2.45) is 5.73 Å². The van der Waals surface area contributed by atoms with Crippen LogP contribution in [0, 0.1) is 0 Å². The molecule has 0 aliphatic heterocycles. The van der Waals surface area contributed by atoms with E-state index in [1.54, 1.807) is 0 Å². The summed E-state index contributed by atoms with van der Waals surface area (Å²) in [5.41, 5.74) is 7.18. The number of rotatable bonds is 6. The van der Waals surface area contributed by atoms with Crippen molar-refractivity contribution >= 4 is 23.2 Å². The van der Waals surface area contributed by atoms with Gasteiger partial charge in [0, 0.05) is 22.0 Å². The molecule has 2 N–H and O–H groups in total. The highest BCUT2D eigenvalue weighted by atomic mass is 35.5. The zero-order valence-electron chi connectivity index (χ0n) is 10.6. The maximum absolute atomic E-state index is 6.32. The lowest BCUT2D eigenvalue weighted by molar-refractivity contribution is 0.366. The van der Waals surface area contributed by atoms with Crippen molar-refractivity contribution in [1.29, 1.82) is 0 Å². The van der Waals surface area contributed by atoms with Crippen molar-refractivity contribution in [2.45, 2.75) is 44.9 Å². The summed E-state index contributed by atoms with van der Waals surface area (Å²) in [7, 11) is 0. The largest absolute Gasteiger partial charge is 0.330 e. The van der Waals surface area contributed by atoms with Gasteiger partial charge < -0.3 is 5.73 Å². The van der Waals surface area contributed by atoms with E-state index in [9.17, 15) is 0 Å². The van der Waals surface area contributed by atoms with Gasteiger partial charge in [0.2, 0.25) is 0 Å². The van der Waals surface area contributed by atoms with Gasteiger partial charge in [-0.05, 0) is 30.5 Å². The molecule has 0 fully saturated rings. The Hall–Kier alpha value is -0.240. The van der Waals surface area contributed by atoms with Crippen LogP contribution in [0.4, 0.5) is 0 Å². The average molecular weight is 274 g/mol. The first-order valence-electron chi connectivity index (χ1n) is 6.25. The monoisotopic (exact) mass is 273 g/mol. The summed E-state index contributed by atoms with van der Waals surface area (Å²) in [4.78, 5) is 0. The Morgan fingerprint density at radius 3 is 2.12 bits per heavy atom. The molecule has 0 heterocycles. The fraction of sp³-hybridized carbons (Fsp3) is 0.571. The fourth-order valence-electron chi connectivity index (χ4n) is 2.59. The topological polar surface area (TPSA) is 26.0 Å². The first kappa shape index (κ1) is 14.8. The van der Waals surface area contributed by atoms with Crippen molar-refractivity contribution in [1.82, 2.24) is 0 Å². The summed E-state index contributed by atoms with van der Waals surface area (Å²) in [5, 5.41) is 1.42. The van der Waals surface area contributed by atoms with E-state index in [4.69, 9.17) is 28.9 Å². The number of benzene rings is 1. The van der Waals surface area contributed by atoms with Gasteiger partial charge in [-0.1, -0.05) is 56.0 Å². The third kappa shape index (κ3) is 3.37. The Morgan fingerprint density at radius 2 is 1.71 bits per heavy atom. The van der Waals surface area contributed by atoms with E-state index in [0.29, 0.717) is 11.6 Å². The van der Waals surface area contributed by atoms with E-state index in [1.807, 2.05) is 18.2 Å². The van der Waals surface area contributed by atoms with Crippen molar-refractivity contribution in [3.63, 3.8) is 0 Å². The summed E-state index contributed by atoms with van der Waals surface area (Å²) < 4.78 is 0. The molecule has 0 saturated heterocycles. The molecule has 17 heavy (non-hydrogen) atoms. The highest BCUT2D eigenvalue weighted by Crippen LogP contribution is 2.38. The Kier molecular flexibility index (Phi) is 5.78. The van der Waals surface area contributed by atoms with Crippen LogP contribution in [0.2, 0.25) is 10.0 Å². The molecule has 1 rings (SSSR count). The Balaban J connectivity index is 3.19. The zero-order valence-corrected chi connectivity index (χ0v) is 12.1. The second-order valence-corrected chi connectivity index (χ2v) is 5.45. The predicted molar refractivity (Wildman–Crippen MR) is 77.0 cm³/mol. The Labute approximate surface area is 114 Å². The average Bonchev–Trinajstić information content (AvgIpc) is 2.28. The van der Waals surface area contributed by atoms with Crippen molar-refractivity contribution in [2.75, 3.05) is 6.54 Å². The van der Waals surface area contributed by atoms with Crippen LogP contribution in [0.25, 0.3) is 0 Å². The van der Waals surface area contributed by atoms with Crippen LogP contribution >= 0.6 is 23.2 Å². The number of hydrogen-bond donors (Lipinski definition) is 1. The molecule has 0 saturated carbocycles. The van der Waals surface area contributed by atoms with Crippen LogP contribution in [-0.4, -0.2) is 6.54 Å². The third-order valence-corrected chi connectivity index (χ3v) is 3.90. The van der Waals surface area contributed by atoms with Crippen LogP contribution in [-0.2, 0) is 5.41 Å². The van der Waals surface area contributed by atoms with Gasteiger partial charge in [0.1, 0.15) is 0 Å². The van der Waals surface area contributed by atoms with Crippen LogP contribution in [0.3, 0.4) is 0 Å². The van der Waals surface area contributed by atoms with Crippen LogP contribution < -0.4 is 5.73 Å². The second-order valence-electron chi connectivity index (χ2n) is 4.61. The molecule has 0 amide bonds.